The largest absolute Gasteiger partial charge is 0.354 e. The van der Waals surface area contributed by atoms with Crippen LogP contribution >= 0.6 is 0 Å². The molecule has 20 heavy (non-hydrogen) atoms. The van der Waals surface area contributed by atoms with E-state index in [1.165, 1.54) is 16.5 Å². The van der Waals surface area contributed by atoms with Gasteiger partial charge in [-0.3, -0.25) is 4.79 Å². The lowest BCUT2D eigenvalue weighted by molar-refractivity contribution is -0.117. The number of aryl methyl sites for hydroxylation is 1. The molecule has 1 aliphatic rings. The Morgan fingerprint density at radius 1 is 1.05 bits per heavy atom. The molecule has 0 aliphatic heterocycles. The maximum absolute atomic E-state index is 12.2. The Morgan fingerprint density at radius 2 is 1.90 bits per heavy atom. The Bertz CT molecular complexity index is 842. The van der Waals surface area contributed by atoms with Crippen molar-refractivity contribution in [2.45, 2.75) is 19.8 Å². The second kappa shape index (κ2) is 4.07. The van der Waals surface area contributed by atoms with E-state index in [1.807, 2.05) is 12.1 Å². The van der Waals surface area contributed by atoms with Crippen molar-refractivity contribution >= 4 is 16.7 Å². The first-order valence-electron chi connectivity index (χ1n) is 6.93. The van der Waals surface area contributed by atoms with Crippen LogP contribution in [0.4, 0.5) is 0 Å². The Balaban J connectivity index is 2.10. The number of rotatable bonds is 0. The van der Waals surface area contributed by atoms with Crippen molar-refractivity contribution in [1.29, 1.82) is 0 Å². The summed E-state index contributed by atoms with van der Waals surface area (Å²) in [6, 6.07) is 14.6. The van der Waals surface area contributed by atoms with Crippen LogP contribution in [0.1, 0.15) is 16.7 Å². The summed E-state index contributed by atoms with van der Waals surface area (Å²) in [6.45, 7) is 2.09. The number of H-pyrrole nitrogens is 1. The van der Waals surface area contributed by atoms with Crippen molar-refractivity contribution in [3.63, 3.8) is 0 Å². The van der Waals surface area contributed by atoms with Crippen LogP contribution in [-0.4, -0.2) is 10.8 Å². The van der Waals surface area contributed by atoms with E-state index in [1.54, 1.807) is 0 Å². The van der Waals surface area contributed by atoms with Gasteiger partial charge in [0.1, 0.15) is 5.78 Å². The molecular weight excluding hydrogens is 246 g/mol. The lowest BCUT2D eigenvalue weighted by Gasteiger charge is -2.04. The molecule has 2 nitrogen and oxygen atoms in total. The van der Waals surface area contributed by atoms with Gasteiger partial charge in [0.2, 0.25) is 0 Å². The number of carbonyl (C=O) groups is 1. The van der Waals surface area contributed by atoms with Crippen LogP contribution in [0.5, 0.6) is 0 Å². The van der Waals surface area contributed by atoms with E-state index in [0.29, 0.717) is 18.6 Å². The SMILES string of the molecule is Cc1ccc2[nH]c3c(c2c1)CC(=O)Cc1ccccc1-3. The van der Waals surface area contributed by atoms with Crippen LogP contribution in [0, 0.1) is 6.92 Å². The summed E-state index contributed by atoms with van der Waals surface area (Å²) in [6.07, 6.45) is 1.06. The van der Waals surface area contributed by atoms with Crippen molar-refractivity contribution in [2.75, 3.05) is 0 Å². The van der Waals surface area contributed by atoms with Gasteiger partial charge in [0.25, 0.3) is 0 Å². The Hall–Kier alpha value is -2.35. The quantitative estimate of drug-likeness (QED) is 0.655. The summed E-state index contributed by atoms with van der Waals surface area (Å²) in [4.78, 5) is 15.7. The molecule has 3 aromatic rings. The molecule has 98 valence electrons. The van der Waals surface area contributed by atoms with Crippen LogP contribution < -0.4 is 0 Å². The zero-order chi connectivity index (χ0) is 13.7. The Kier molecular flexibility index (Phi) is 2.34. The number of ketones is 1. The lowest BCUT2D eigenvalue weighted by Crippen LogP contribution is -2.03. The fraction of sp³-hybridized carbons (Fsp3) is 0.167. The fourth-order valence-corrected chi connectivity index (χ4v) is 3.17. The Morgan fingerprint density at radius 3 is 2.80 bits per heavy atom. The summed E-state index contributed by atoms with van der Waals surface area (Å²) < 4.78 is 0. The summed E-state index contributed by atoms with van der Waals surface area (Å²) in [5.74, 6) is 0.290. The van der Waals surface area contributed by atoms with Gasteiger partial charge in [-0.15, -0.1) is 0 Å². The number of Topliss-reactive ketones (excluding diaryl/α,β-unsaturated/α-hetero) is 1. The van der Waals surface area contributed by atoms with Crippen molar-refractivity contribution in [1.82, 2.24) is 4.98 Å². The zero-order valence-corrected chi connectivity index (χ0v) is 11.4. The molecule has 0 unspecified atom stereocenters. The van der Waals surface area contributed by atoms with Gasteiger partial charge >= 0.3 is 0 Å². The van der Waals surface area contributed by atoms with Gasteiger partial charge in [-0.25, -0.2) is 0 Å². The van der Waals surface area contributed by atoms with E-state index in [9.17, 15) is 4.79 Å². The highest BCUT2D eigenvalue weighted by molar-refractivity contribution is 5.99. The molecule has 0 spiro atoms. The third-order valence-electron chi connectivity index (χ3n) is 4.11. The molecule has 0 radical (unpaired) electrons. The molecule has 0 saturated heterocycles. The fourth-order valence-electron chi connectivity index (χ4n) is 3.17. The number of carbonyl (C=O) groups excluding carboxylic acids is 1. The van der Waals surface area contributed by atoms with Crippen LogP contribution in [0.25, 0.3) is 22.2 Å². The molecule has 2 aromatic carbocycles. The summed E-state index contributed by atoms with van der Waals surface area (Å²) in [5.41, 5.74) is 6.90. The van der Waals surface area contributed by atoms with Crippen molar-refractivity contribution in [3.8, 4) is 11.3 Å². The van der Waals surface area contributed by atoms with Crippen LogP contribution in [-0.2, 0) is 17.6 Å². The highest BCUT2D eigenvalue weighted by atomic mass is 16.1. The van der Waals surface area contributed by atoms with Crippen LogP contribution in [0.3, 0.4) is 0 Å². The molecular formula is C18H15NO. The predicted octanol–water partition coefficient (Wildman–Crippen LogP) is 3.81. The maximum atomic E-state index is 12.2. The molecule has 1 aromatic heterocycles. The number of benzene rings is 2. The van der Waals surface area contributed by atoms with Crippen molar-refractivity contribution in [3.05, 3.63) is 59.2 Å². The second-order valence-electron chi connectivity index (χ2n) is 5.58. The molecule has 1 N–H and O–H groups in total. The summed E-state index contributed by atoms with van der Waals surface area (Å²) in [7, 11) is 0. The molecule has 1 aliphatic carbocycles. The first kappa shape index (κ1) is 11.5. The highest BCUT2D eigenvalue weighted by Gasteiger charge is 2.22. The smallest absolute Gasteiger partial charge is 0.141 e. The molecule has 0 fully saturated rings. The average molecular weight is 261 g/mol. The van der Waals surface area contributed by atoms with E-state index in [4.69, 9.17) is 0 Å². The molecule has 0 amide bonds. The molecule has 4 rings (SSSR count). The minimum absolute atomic E-state index is 0.290. The Labute approximate surface area is 117 Å². The third-order valence-corrected chi connectivity index (χ3v) is 4.11. The van der Waals surface area contributed by atoms with E-state index >= 15 is 0 Å². The number of aromatic amines is 1. The van der Waals surface area contributed by atoms with Gasteiger partial charge in [0.15, 0.2) is 0 Å². The molecule has 2 heteroatoms. The van der Waals surface area contributed by atoms with Crippen molar-refractivity contribution in [2.24, 2.45) is 0 Å². The second-order valence-corrected chi connectivity index (χ2v) is 5.58. The number of aromatic nitrogens is 1. The van der Waals surface area contributed by atoms with E-state index in [2.05, 4.69) is 42.2 Å². The maximum Gasteiger partial charge on any atom is 0.141 e. The topological polar surface area (TPSA) is 32.9 Å². The standard InChI is InChI=1S/C18H15NO/c1-11-6-7-17-15(8-11)16-10-13(20)9-12-4-2-3-5-14(12)18(16)19-17/h2-8,19H,9-10H2,1H3. The van der Waals surface area contributed by atoms with Gasteiger partial charge in [-0.1, -0.05) is 35.9 Å². The van der Waals surface area contributed by atoms with Gasteiger partial charge < -0.3 is 4.98 Å². The normalized spacial score (nSPS) is 13.9. The van der Waals surface area contributed by atoms with E-state index in [0.717, 1.165) is 22.3 Å². The molecule has 1 heterocycles. The monoisotopic (exact) mass is 261 g/mol. The average Bonchev–Trinajstić information content (AvgIpc) is 2.70. The van der Waals surface area contributed by atoms with Crippen LogP contribution in [0.2, 0.25) is 0 Å². The van der Waals surface area contributed by atoms with Gasteiger partial charge in [-0.05, 0) is 30.2 Å². The zero-order valence-electron chi connectivity index (χ0n) is 11.4. The lowest BCUT2D eigenvalue weighted by atomic mass is 10.0. The third kappa shape index (κ3) is 1.61. The molecule has 0 atom stereocenters. The van der Waals surface area contributed by atoms with Crippen LogP contribution in [0.15, 0.2) is 42.5 Å². The summed E-state index contributed by atoms with van der Waals surface area (Å²) >= 11 is 0. The first-order valence-corrected chi connectivity index (χ1v) is 6.93. The highest BCUT2D eigenvalue weighted by Crippen LogP contribution is 2.35. The van der Waals surface area contributed by atoms with Gasteiger partial charge in [-0.2, -0.15) is 0 Å². The van der Waals surface area contributed by atoms with E-state index < -0.39 is 0 Å². The molecule has 0 bridgehead atoms. The number of hydrogen-bond donors (Lipinski definition) is 1. The van der Waals surface area contributed by atoms with Crippen molar-refractivity contribution < 1.29 is 4.79 Å². The number of nitrogens with one attached hydrogen (secondary N) is 1. The van der Waals surface area contributed by atoms with E-state index in [-0.39, 0.29) is 0 Å². The molecule has 0 saturated carbocycles. The first-order chi connectivity index (χ1) is 9.72. The van der Waals surface area contributed by atoms with Gasteiger partial charge in [0.05, 0.1) is 5.69 Å². The minimum Gasteiger partial charge on any atom is -0.354 e. The predicted molar refractivity (Wildman–Crippen MR) is 80.9 cm³/mol. The minimum atomic E-state index is 0.290. The number of hydrogen-bond acceptors (Lipinski definition) is 1. The number of fused-ring (bicyclic) bond motifs is 5. The summed E-state index contributed by atoms with van der Waals surface area (Å²) in [5, 5.41) is 1.19. The van der Waals surface area contributed by atoms with Gasteiger partial charge in [0, 0.05) is 29.3 Å².